The maximum atomic E-state index is 13.5. The molecule has 0 spiro atoms. The zero-order valence-corrected chi connectivity index (χ0v) is 26.7. The van der Waals surface area contributed by atoms with Gasteiger partial charge in [-0.1, -0.05) is 62.4 Å². The van der Waals surface area contributed by atoms with Gasteiger partial charge in [0.05, 0.1) is 12.2 Å². The Balaban J connectivity index is 1.88. The van der Waals surface area contributed by atoms with Gasteiger partial charge in [0.25, 0.3) is 5.91 Å². The van der Waals surface area contributed by atoms with Crippen LogP contribution < -0.4 is 5.32 Å². The van der Waals surface area contributed by atoms with Crippen molar-refractivity contribution in [1.82, 2.24) is 10.2 Å². The number of nitrogens with one attached hydrogen (secondary N) is 1. The second-order valence-electron chi connectivity index (χ2n) is 12.6. The first kappa shape index (κ1) is 33.2. The summed E-state index contributed by atoms with van der Waals surface area (Å²) in [5, 5.41) is 12.5. The fourth-order valence-corrected chi connectivity index (χ4v) is 6.13. The number of amides is 1. The number of aliphatic carboxylic acids is 1. The van der Waals surface area contributed by atoms with E-state index in [9.17, 15) is 14.7 Å². The number of hydrogen-bond acceptors (Lipinski definition) is 5. The lowest BCUT2D eigenvalue weighted by Crippen LogP contribution is -2.41. The fraction of sp³-hybridized carbons (Fsp3) is 0.588. The van der Waals surface area contributed by atoms with Crippen molar-refractivity contribution in [2.45, 2.75) is 96.9 Å². The highest BCUT2D eigenvalue weighted by Crippen LogP contribution is 2.31. The molecule has 2 N–H and O–H groups in total. The number of carboxylic acid groups (broad SMARTS) is 1. The molecule has 0 bridgehead atoms. The summed E-state index contributed by atoms with van der Waals surface area (Å²) >= 11 is 1.57. The fourth-order valence-electron chi connectivity index (χ4n) is 5.66. The van der Waals surface area contributed by atoms with Gasteiger partial charge >= 0.3 is 5.97 Å². The Kier molecular flexibility index (Phi) is 12.7. The van der Waals surface area contributed by atoms with Crippen LogP contribution in [0.15, 0.2) is 42.5 Å². The molecule has 3 rings (SSSR count). The topological polar surface area (TPSA) is 78.9 Å². The molecule has 1 amide bonds. The molecule has 0 unspecified atom stereocenters. The first-order valence-electron chi connectivity index (χ1n) is 15.0. The lowest BCUT2D eigenvalue weighted by atomic mass is 9.84. The molecule has 0 heterocycles. The summed E-state index contributed by atoms with van der Waals surface area (Å²) in [6.45, 7) is 9.79. The summed E-state index contributed by atoms with van der Waals surface area (Å²) in [6.07, 6.45) is 10.0. The molecule has 2 aromatic carbocycles. The molecule has 0 radical (unpaired) electrons. The number of carboxylic acids is 1. The number of rotatable bonds is 14. The first-order valence-corrected chi connectivity index (χ1v) is 16.4. The lowest BCUT2D eigenvalue weighted by Gasteiger charge is -2.34. The summed E-state index contributed by atoms with van der Waals surface area (Å²) in [6, 6.07) is 13.4. The van der Waals surface area contributed by atoms with Crippen LogP contribution in [0.5, 0.6) is 0 Å². The summed E-state index contributed by atoms with van der Waals surface area (Å²) < 4.78 is 6.29. The zero-order chi connectivity index (χ0) is 30.0. The third kappa shape index (κ3) is 10.5. The SMILES string of the molecule is CSCC[C@H](NC(=O)c1ccc(CN(C)[C@@H](COC(C)(C)C)CC2CCCCC2)cc1-c1ccccc1C)C(=O)O. The van der Waals surface area contributed by atoms with E-state index in [2.05, 4.69) is 44.1 Å². The smallest absolute Gasteiger partial charge is 0.326 e. The van der Waals surface area contributed by atoms with E-state index in [0.29, 0.717) is 30.4 Å². The van der Waals surface area contributed by atoms with Gasteiger partial charge in [-0.15, -0.1) is 0 Å². The van der Waals surface area contributed by atoms with E-state index in [1.165, 1.54) is 32.1 Å². The van der Waals surface area contributed by atoms with Gasteiger partial charge in [-0.05, 0) is 99.9 Å². The number of thioether (sulfide) groups is 1. The number of aryl methyl sites for hydroxylation is 1. The Bertz CT molecular complexity index is 1140. The monoisotopic (exact) mass is 582 g/mol. The quantitative estimate of drug-likeness (QED) is 0.246. The van der Waals surface area contributed by atoms with Crippen LogP contribution in [0.2, 0.25) is 0 Å². The molecule has 226 valence electrons. The molecular weight excluding hydrogens is 532 g/mol. The van der Waals surface area contributed by atoms with Crippen LogP contribution in [0.1, 0.15) is 87.2 Å². The van der Waals surface area contributed by atoms with E-state index in [4.69, 9.17) is 4.74 Å². The van der Waals surface area contributed by atoms with Gasteiger partial charge < -0.3 is 15.2 Å². The summed E-state index contributed by atoms with van der Waals surface area (Å²) in [5.41, 5.74) is 4.29. The van der Waals surface area contributed by atoms with E-state index >= 15 is 0 Å². The maximum absolute atomic E-state index is 13.5. The van der Waals surface area contributed by atoms with E-state index in [0.717, 1.165) is 41.1 Å². The minimum Gasteiger partial charge on any atom is -0.480 e. The molecule has 6 nitrogen and oxygen atoms in total. The van der Waals surface area contributed by atoms with Gasteiger partial charge in [0.1, 0.15) is 6.04 Å². The highest BCUT2D eigenvalue weighted by atomic mass is 32.2. The van der Waals surface area contributed by atoms with Crippen molar-refractivity contribution in [3.8, 4) is 11.1 Å². The summed E-state index contributed by atoms with van der Waals surface area (Å²) in [4.78, 5) is 27.7. The first-order chi connectivity index (χ1) is 19.5. The molecule has 0 aliphatic heterocycles. The predicted octanol–water partition coefficient (Wildman–Crippen LogP) is 7.18. The Morgan fingerprint density at radius 2 is 1.80 bits per heavy atom. The van der Waals surface area contributed by atoms with Crippen molar-refractivity contribution in [3.05, 3.63) is 59.2 Å². The van der Waals surface area contributed by atoms with Gasteiger partial charge in [-0.3, -0.25) is 9.69 Å². The van der Waals surface area contributed by atoms with E-state index < -0.39 is 12.0 Å². The highest BCUT2D eigenvalue weighted by molar-refractivity contribution is 7.98. The Morgan fingerprint density at radius 1 is 1.10 bits per heavy atom. The van der Waals surface area contributed by atoms with Crippen molar-refractivity contribution in [1.29, 1.82) is 0 Å². The van der Waals surface area contributed by atoms with Gasteiger partial charge in [0.2, 0.25) is 0 Å². The number of carbonyl (C=O) groups excluding carboxylic acids is 1. The van der Waals surface area contributed by atoms with Gasteiger partial charge in [-0.2, -0.15) is 11.8 Å². The molecule has 0 aromatic heterocycles. The maximum Gasteiger partial charge on any atom is 0.326 e. The third-order valence-electron chi connectivity index (χ3n) is 8.07. The van der Waals surface area contributed by atoms with Crippen molar-refractivity contribution >= 4 is 23.6 Å². The van der Waals surface area contributed by atoms with Crippen LogP contribution in [-0.2, 0) is 16.1 Å². The number of benzene rings is 2. The van der Waals surface area contributed by atoms with Crippen LogP contribution in [0.3, 0.4) is 0 Å². The second kappa shape index (κ2) is 15.8. The number of hydrogen-bond donors (Lipinski definition) is 2. The van der Waals surface area contributed by atoms with Crippen LogP contribution in [0.25, 0.3) is 11.1 Å². The lowest BCUT2D eigenvalue weighted by molar-refractivity contribution is -0.139. The summed E-state index contributed by atoms with van der Waals surface area (Å²) in [7, 11) is 2.18. The van der Waals surface area contributed by atoms with Crippen LogP contribution in [0.4, 0.5) is 0 Å². The number of likely N-dealkylation sites (N-methyl/N-ethyl adjacent to an activating group) is 1. The normalized spacial score (nSPS) is 16.0. The van der Waals surface area contributed by atoms with Gasteiger partial charge in [-0.25, -0.2) is 4.79 Å². The van der Waals surface area contributed by atoms with E-state index in [1.807, 2.05) is 49.6 Å². The highest BCUT2D eigenvalue weighted by Gasteiger charge is 2.26. The molecule has 41 heavy (non-hydrogen) atoms. The summed E-state index contributed by atoms with van der Waals surface area (Å²) in [5.74, 6) is 0.0327. The average molecular weight is 583 g/mol. The third-order valence-corrected chi connectivity index (χ3v) is 8.72. The number of ether oxygens (including phenoxy) is 1. The Morgan fingerprint density at radius 3 is 2.44 bits per heavy atom. The van der Waals surface area contributed by atoms with E-state index in [-0.39, 0.29) is 11.5 Å². The minimum atomic E-state index is -1.01. The minimum absolute atomic E-state index is 0.192. The molecule has 2 aromatic rings. The zero-order valence-electron chi connectivity index (χ0n) is 25.9. The standard InChI is InChI=1S/C34H50N2O4S/c1-24-12-10-11-15-28(24)30-21-26(16-17-29(30)32(37)35-31(33(38)39)18-19-41-6)22-36(5)27(23-40-34(2,3)4)20-25-13-8-7-9-14-25/h10-12,15-17,21,25,27,31H,7-9,13-14,18-20,22-23H2,1-6H3,(H,35,37)(H,38,39)/t27-,31+/m1/s1. The second-order valence-corrected chi connectivity index (χ2v) is 13.6. The Hall–Kier alpha value is -2.35. The van der Waals surface area contributed by atoms with Crippen molar-refractivity contribution in [2.24, 2.45) is 5.92 Å². The average Bonchev–Trinajstić information content (AvgIpc) is 2.93. The largest absolute Gasteiger partial charge is 0.480 e. The molecule has 1 aliphatic rings. The number of nitrogens with zero attached hydrogens (tertiary/aromatic N) is 1. The van der Waals surface area contributed by atoms with Gasteiger partial charge in [0, 0.05) is 18.2 Å². The van der Waals surface area contributed by atoms with Gasteiger partial charge in [0.15, 0.2) is 0 Å². The number of carbonyl (C=O) groups is 2. The Labute approximate surface area is 251 Å². The molecule has 0 saturated heterocycles. The molecule has 1 aliphatic carbocycles. The molecule has 1 saturated carbocycles. The van der Waals surface area contributed by atoms with Crippen LogP contribution >= 0.6 is 11.8 Å². The molecule has 1 fully saturated rings. The van der Waals surface area contributed by atoms with Crippen molar-refractivity contribution in [2.75, 3.05) is 25.7 Å². The van der Waals surface area contributed by atoms with Crippen molar-refractivity contribution < 1.29 is 19.4 Å². The van der Waals surface area contributed by atoms with E-state index in [1.54, 1.807) is 11.8 Å². The molecule has 2 atom stereocenters. The van der Waals surface area contributed by atoms with Crippen LogP contribution in [0, 0.1) is 12.8 Å². The molecular formula is C34H50N2O4S. The molecule has 7 heteroatoms. The van der Waals surface area contributed by atoms with Crippen LogP contribution in [-0.4, -0.2) is 65.2 Å². The van der Waals surface area contributed by atoms with Crippen molar-refractivity contribution in [3.63, 3.8) is 0 Å². The predicted molar refractivity (Wildman–Crippen MR) is 171 cm³/mol.